The van der Waals surface area contributed by atoms with Crippen molar-refractivity contribution in [2.45, 2.75) is 6.35 Å². The van der Waals surface area contributed by atoms with E-state index in [0.717, 1.165) is 12.4 Å². The van der Waals surface area contributed by atoms with Crippen molar-refractivity contribution >= 4 is 6.21 Å². The molecular formula is C4H5FN2O2. The summed E-state index contributed by atoms with van der Waals surface area (Å²) in [4.78, 5) is 3.16. The highest BCUT2D eigenvalue weighted by Crippen LogP contribution is 2.05. The van der Waals surface area contributed by atoms with Gasteiger partial charge in [0.05, 0.1) is 12.4 Å². The molecule has 0 radical (unpaired) electrons. The number of aliphatic hydroxyl groups excluding tert-OH is 2. The summed E-state index contributed by atoms with van der Waals surface area (Å²) >= 11 is 0. The molecule has 1 rings (SSSR count). The molecule has 0 amide bonds. The van der Waals surface area contributed by atoms with Gasteiger partial charge in [0.2, 0.25) is 0 Å². The predicted octanol–water partition coefficient (Wildman–Crippen LogP) is -0.0674. The minimum absolute atomic E-state index is 0.102. The number of aliphatic hydroxyl groups is 2. The van der Waals surface area contributed by atoms with Crippen LogP contribution in [0.15, 0.2) is 17.0 Å². The molecule has 0 saturated heterocycles. The molecule has 1 heterocycles. The lowest BCUT2D eigenvalue weighted by molar-refractivity contribution is -0.0804. The summed E-state index contributed by atoms with van der Waals surface area (Å²) in [6.45, 7) is 0. The fraction of sp³-hybridized carbons (Fsp3) is 0.250. The van der Waals surface area contributed by atoms with Gasteiger partial charge in [-0.1, -0.05) is 4.48 Å². The maximum Gasteiger partial charge on any atom is 0.252 e. The molecule has 2 N–H and O–H groups in total. The fourth-order valence-corrected chi connectivity index (χ4v) is 0.433. The van der Waals surface area contributed by atoms with E-state index >= 15 is 0 Å². The summed E-state index contributed by atoms with van der Waals surface area (Å²) in [5, 5.41) is 16.9. The molecule has 1 atom stereocenters. The smallest absolute Gasteiger partial charge is 0.252 e. The normalized spacial score (nSPS) is 26.2. The predicted molar refractivity (Wildman–Crippen MR) is 28.2 cm³/mol. The highest BCUT2D eigenvalue weighted by molar-refractivity contribution is 5.75. The van der Waals surface area contributed by atoms with Crippen molar-refractivity contribution in [2.75, 3.05) is 0 Å². The Morgan fingerprint density at radius 2 is 2.44 bits per heavy atom. The first kappa shape index (κ1) is 6.03. The third kappa shape index (κ3) is 1.17. The molecule has 0 spiro atoms. The number of hydrogen-bond donors (Lipinski definition) is 2. The van der Waals surface area contributed by atoms with Crippen molar-refractivity contribution in [3.05, 3.63) is 12.0 Å². The van der Waals surface area contributed by atoms with Crippen LogP contribution >= 0.6 is 0 Å². The first-order valence-corrected chi connectivity index (χ1v) is 2.26. The van der Waals surface area contributed by atoms with Gasteiger partial charge in [-0.15, -0.1) is 0 Å². The molecule has 1 aliphatic heterocycles. The third-order valence-corrected chi connectivity index (χ3v) is 0.816. The molecule has 1 aliphatic rings. The Morgan fingerprint density at radius 1 is 1.78 bits per heavy atom. The maximum absolute atomic E-state index is 12.1. The van der Waals surface area contributed by atoms with Crippen LogP contribution in [0, 0.1) is 0 Å². The highest BCUT2D eigenvalue weighted by Gasteiger charge is 2.13. The summed E-state index contributed by atoms with van der Waals surface area (Å²) in [5.74, 6) is -0.317. The Balaban J connectivity index is 2.70. The van der Waals surface area contributed by atoms with Crippen LogP contribution in [0.25, 0.3) is 0 Å². The monoisotopic (exact) mass is 132 g/mol. The van der Waals surface area contributed by atoms with Crippen LogP contribution in [0.1, 0.15) is 0 Å². The van der Waals surface area contributed by atoms with E-state index in [-0.39, 0.29) is 10.9 Å². The number of nitrogens with zero attached hydrogens (tertiary/aromatic N) is 2. The summed E-state index contributed by atoms with van der Waals surface area (Å²) < 4.78 is 12.1. The van der Waals surface area contributed by atoms with E-state index in [1.54, 1.807) is 0 Å². The third-order valence-electron chi connectivity index (χ3n) is 0.816. The van der Waals surface area contributed by atoms with Crippen LogP contribution in [0.4, 0.5) is 4.48 Å². The average molecular weight is 132 g/mol. The van der Waals surface area contributed by atoms with Crippen LogP contribution in [0.3, 0.4) is 0 Å². The lowest BCUT2D eigenvalue weighted by atomic mass is 10.5. The molecule has 0 aromatic heterocycles. The second-order valence-electron chi connectivity index (χ2n) is 1.52. The molecule has 4 nitrogen and oxygen atoms in total. The minimum Gasteiger partial charge on any atom is -0.505 e. The quantitative estimate of drug-likeness (QED) is 0.454. The van der Waals surface area contributed by atoms with Crippen LogP contribution in [0.5, 0.6) is 0 Å². The van der Waals surface area contributed by atoms with Crippen molar-refractivity contribution in [1.82, 2.24) is 5.12 Å². The summed E-state index contributed by atoms with van der Waals surface area (Å²) in [5.41, 5.74) is 0. The molecule has 1 unspecified atom stereocenters. The van der Waals surface area contributed by atoms with Crippen LogP contribution in [-0.4, -0.2) is 27.9 Å². The second kappa shape index (κ2) is 2.02. The van der Waals surface area contributed by atoms with Gasteiger partial charge in [-0.05, 0) is 0 Å². The molecule has 50 valence electrons. The zero-order valence-corrected chi connectivity index (χ0v) is 4.40. The van der Waals surface area contributed by atoms with Gasteiger partial charge in [-0.25, -0.2) is 4.99 Å². The zero-order chi connectivity index (χ0) is 6.85. The molecular weight excluding hydrogens is 127 g/mol. The number of aliphatic imine (C=N–C) groups is 1. The second-order valence-corrected chi connectivity index (χ2v) is 1.52. The van der Waals surface area contributed by atoms with Crippen molar-refractivity contribution in [1.29, 1.82) is 0 Å². The van der Waals surface area contributed by atoms with Crippen molar-refractivity contribution in [3.63, 3.8) is 0 Å². The van der Waals surface area contributed by atoms with E-state index < -0.39 is 6.35 Å². The molecule has 0 aromatic rings. The van der Waals surface area contributed by atoms with Gasteiger partial charge in [0.1, 0.15) is 0 Å². The topological polar surface area (TPSA) is 56.1 Å². The fourth-order valence-electron chi connectivity index (χ4n) is 0.433. The molecule has 0 aromatic carbocycles. The number of rotatable bonds is 0. The van der Waals surface area contributed by atoms with Gasteiger partial charge in [-0.3, -0.25) is 0 Å². The standard InChI is InChI=1S/C4H5FN2O2/c5-7-2-3(8)1-6-4(7)9/h1-2,4,8-9H. The molecule has 0 fully saturated rings. The highest BCUT2D eigenvalue weighted by atomic mass is 19.2. The zero-order valence-electron chi connectivity index (χ0n) is 4.40. The Kier molecular flexibility index (Phi) is 1.35. The summed E-state index contributed by atoms with van der Waals surface area (Å²) in [6.07, 6.45) is 0.194. The molecule has 9 heavy (non-hydrogen) atoms. The number of hydrogen-bond acceptors (Lipinski definition) is 4. The minimum atomic E-state index is -1.51. The summed E-state index contributed by atoms with van der Waals surface area (Å²) in [7, 11) is 0. The van der Waals surface area contributed by atoms with Gasteiger partial charge in [-0.2, -0.15) is 5.12 Å². The van der Waals surface area contributed by atoms with Crippen molar-refractivity contribution in [2.24, 2.45) is 4.99 Å². The first-order valence-electron chi connectivity index (χ1n) is 2.26. The number of allylic oxidation sites excluding steroid dienone is 1. The van der Waals surface area contributed by atoms with Gasteiger partial charge < -0.3 is 10.2 Å². The van der Waals surface area contributed by atoms with E-state index in [0.29, 0.717) is 0 Å². The maximum atomic E-state index is 12.1. The van der Waals surface area contributed by atoms with E-state index in [1.807, 2.05) is 0 Å². The average Bonchev–Trinajstić information content (AvgIpc) is 1.80. The molecule has 5 heteroatoms. The van der Waals surface area contributed by atoms with Crippen molar-refractivity contribution < 1.29 is 14.7 Å². The van der Waals surface area contributed by atoms with Crippen molar-refractivity contribution in [3.8, 4) is 0 Å². The Labute approximate surface area is 50.5 Å². The van der Waals surface area contributed by atoms with Gasteiger partial charge in [0.25, 0.3) is 6.35 Å². The van der Waals surface area contributed by atoms with E-state index in [2.05, 4.69) is 4.99 Å². The SMILES string of the molecule is OC1=CN(F)C(O)N=C1. The summed E-state index contributed by atoms with van der Waals surface area (Å²) in [6, 6.07) is 0. The molecule has 0 saturated carbocycles. The Bertz CT molecular complexity index is 168. The van der Waals surface area contributed by atoms with Gasteiger partial charge in [0.15, 0.2) is 5.76 Å². The van der Waals surface area contributed by atoms with Gasteiger partial charge >= 0.3 is 0 Å². The van der Waals surface area contributed by atoms with Crippen LogP contribution < -0.4 is 0 Å². The van der Waals surface area contributed by atoms with E-state index in [1.165, 1.54) is 0 Å². The Morgan fingerprint density at radius 3 is 2.89 bits per heavy atom. The Hall–Kier alpha value is -1.10. The van der Waals surface area contributed by atoms with Gasteiger partial charge in [0, 0.05) is 0 Å². The van der Waals surface area contributed by atoms with Crippen LogP contribution in [-0.2, 0) is 0 Å². The molecule has 0 bridgehead atoms. The van der Waals surface area contributed by atoms with E-state index in [9.17, 15) is 4.48 Å². The van der Waals surface area contributed by atoms with Crippen LogP contribution in [0.2, 0.25) is 0 Å². The first-order chi connectivity index (χ1) is 4.20. The molecule has 0 aliphatic carbocycles. The van der Waals surface area contributed by atoms with E-state index in [4.69, 9.17) is 10.2 Å². The lowest BCUT2D eigenvalue weighted by Gasteiger charge is -2.14. The largest absolute Gasteiger partial charge is 0.505 e. The number of halogens is 1. The lowest BCUT2D eigenvalue weighted by Crippen LogP contribution is -2.24.